The number of carbonyl (C=O) groups excluding carboxylic acids is 1. The van der Waals surface area contributed by atoms with Gasteiger partial charge in [-0.2, -0.15) is 0 Å². The molecule has 5 heteroatoms. The maximum atomic E-state index is 12.6. The van der Waals surface area contributed by atoms with Gasteiger partial charge in [0.25, 0.3) is 5.91 Å². The molecule has 1 atom stereocenters. The lowest BCUT2D eigenvalue weighted by Gasteiger charge is -2.20. The van der Waals surface area contributed by atoms with E-state index in [0.717, 1.165) is 44.3 Å². The normalized spacial score (nSPS) is 17.8. The number of hydrogen-bond acceptors (Lipinski definition) is 4. The van der Waals surface area contributed by atoms with Crippen molar-refractivity contribution in [2.75, 3.05) is 13.1 Å². The van der Waals surface area contributed by atoms with Crippen molar-refractivity contribution in [3.8, 4) is 0 Å². The van der Waals surface area contributed by atoms with Crippen molar-refractivity contribution in [3.05, 3.63) is 66.4 Å². The van der Waals surface area contributed by atoms with Gasteiger partial charge in [-0.25, -0.2) is 9.97 Å². The highest BCUT2D eigenvalue weighted by molar-refractivity contribution is 5.93. The number of likely N-dealkylation sites (tertiary alicyclic amines) is 1. The second-order valence-corrected chi connectivity index (χ2v) is 6.95. The van der Waals surface area contributed by atoms with Gasteiger partial charge in [-0.1, -0.05) is 12.1 Å². The molecule has 1 saturated heterocycles. The molecule has 1 aromatic carbocycles. The zero-order chi connectivity index (χ0) is 17.8. The van der Waals surface area contributed by atoms with Gasteiger partial charge in [0.1, 0.15) is 6.33 Å². The summed E-state index contributed by atoms with van der Waals surface area (Å²) < 4.78 is 0. The fourth-order valence-corrected chi connectivity index (χ4v) is 3.75. The summed E-state index contributed by atoms with van der Waals surface area (Å²) in [6.07, 6.45) is 10.8. The second-order valence-electron chi connectivity index (χ2n) is 6.95. The van der Waals surface area contributed by atoms with Gasteiger partial charge in [-0.15, -0.1) is 0 Å². The molecule has 5 nitrogen and oxygen atoms in total. The number of hydrogen-bond donors (Lipinski definition) is 0. The Morgan fingerprint density at radius 2 is 2.00 bits per heavy atom. The summed E-state index contributed by atoms with van der Waals surface area (Å²) in [7, 11) is 0. The van der Waals surface area contributed by atoms with Gasteiger partial charge in [-0.05, 0) is 55.4 Å². The molecule has 132 valence electrons. The van der Waals surface area contributed by atoms with Crippen LogP contribution in [-0.4, -0.2) is 38.8 Å². The first-order valence-corrected chi connectivity index (χ1v) is 9.17. The van der Waals surface area contributed by atoms with E-state index in [1.165, 1.54) is 17.3 Å². The zero-order valence-corrected chi connectivity index (χ0v) is 14.7. The average Bonchev–Trinajstić information content (AvgIpc) is 2.93. The number of pyridine rings is 1. The van der Waals surface area contributed by atoms with Crippen molar-refractivity contribution in [1.29, 1.82) is 0 Å². The summed E-state index contributed by atoms with van der Waals surface area (Å²) in [6, 6.07) is 10.6. The Hall–Kier alpha value is -2.82. The Morgan fingerprint density at radius 1 is 1.12 bits per heavy atom. The first kappa shape index (κ1) is 16.6. The Kier molecular flexibility index (Phi) is 4.86. The molecule has 0 aliphatic carbocycles. The number of aromatic nitrogens is 3. The standard InChI is InChI=1S/C21H22N4O/c26-21(19-13-22-15-23-14-19)25-9-2-3-16(7-10-25)11-17-5-6-20-18(12-17)4-1-8-24-20/h1,4-6,8,12-16H,2-3,7,9-11H2. The van der Waals surface area contributed by atoms with E-state index in [9.17, 15) is 4.79 Å². The number of amides is 1. The van der Waals surface area contributed by atoms with Gasteiger partial charge >= 0.3 is 0 Å². The molecule has 3 aromatic rings. The lowest BCUT2D eigenvalue weighted by molar-refractivity contribution is 0.0759. The van der Waals surface area contributed by atoms with Crippen LogP contribution in [0.15, 0.2) is 55.2 Å². The summed E-state index contributed by atoms with van der Waals surface area (Å²) >= 11 is 0. The molecule has 0 radical (unpaired) electrons. The smallest absolute Gasteiger partial charge is 0.256 e. The van der Waals surface area contributed by atoms with Crippen LogP contribution in [-0.2, 0) is 6.42 Å². The Labute approximate surface area is 153 Å². The highest BCUT2D eigenvalue weighted by Crippen LogP contribution is 2.24. The van der Waals surface area contributed by atoms with Gasteiger partial charge in [0, 0.05) is 37.1 Å². The van der Waals surface area contributed by atoms with Crippen molar-refractivity contribution in [2.24, 2.45) is 5.92 Å². The second kappa shape index (κ2) is 7.60. The van der Waals surface area contributed by atoms with Crippen molar-refractivity contribution in [2.45, 2.75) is 25.7 Å². The van der Waals surface area contributed by atoms with Gasteiger partial charge in [0.2, 0.25) is 0 Å². The van der Waals surface area contributed by atoms with Crippen LogP contribution in [0, 0.1) is 5.92 Å². The van der Waals surface area contributed by atoms with Gasteiger partial charge in [-0.3, -0.25) is 9.78 Å². The quantitative estimate of drug-likeness (QED) is 0.728. The molecule has 1 aliphatic rings. The maximum absolute atomic E-state index is 12.6. The van der Waals surface area contributed by atoms with Gasteiger partial charge < -0.3 is 4.90 Å². The van der Waals surface area contributed by atoms with Crippen molar-refractivity contribution < 1.29 is 4.79 Å². The Balaban J connectivity index is 1.41. The molecule has 3 heterocycles. The van der Waals surface area contributed by atoms with Crippen LogP contribution < -0.4 is 0 Å². The molecule has 4 rings (SSSR count). The minimum atomic E-state index is 0.0445. The van der Waals surface area contributed by atoms with Crippen LogP contribution in [0.2, 0.25) is 0 Å². The molecule has 0 saturated carbocycles. The molecule has 1 fully saturated rings. The number of benzene rings is 1. The molecular formula is C21H22N4O. The number of nitrogens with zero attached hydrogens (tertiary/aromatic N) is 4. The maximum Gasteiger partial charge on any atom is 0.256 e. The minimum Gasteiger partial charge on any atom is -0.339 e. The lowest BCUT2D eigenvalue weighted by Crippen LogP contribution is -2.32. The lowest BCUT2D eigenvalue weighted by atomic mass is 9.92. The van der Waals surface area contributed by atoms with E-state index in [0.29, 0.717) is 11.5 Å². The van der Waals surface area contributed by atoms with E-state index >= 15 is 0 Å². The fraction of sp³-hybridized carbons (Fsp3) is 0.333. The molecular weight excluding hydrogens is 324 g/mol. The number of carbonyl (C=O) groups is 1. The van der Waals surface area contributed by atoms with E-state index < -0.39 is 0 Å². The molecule has 0 N–H and O–H groups in total. The number of fused-ring (bicyclic) bond motifs is 1. The molecule has 1 amide bonds. The van der Waals surface area contributed by atoms with E-state index in [2.05, 4.69) is 39.2 Å². The van der Waals surface area contributed by atoms with Crippen LogP contribution >= 0.6 is 0 Å². The van der Waals surface area contributed by atoms with E-state index in [-0.39, 0.29) is 5.91 Å². The van der Waals surface area contributed by atoms with Crippen LogP contribution in [0.25, 0.3) is 10.9 Å². The van der Waals surface area contributed by atoms with Crippen LogP contribution in [0.4, 0.5) is 0 Å². The molecule has 0 spiro atoms. The molecule has 26 heavy (non-hydrogen) atoms. The zero-order valence-electron chi connectivity index (χ0n) is 14.7. The topological polar surface area (TPSA) is 59.0 Å². The van der Waals surface area contributed by atoms with Gasteiger partial charge in [0.15, 0.2) is 0 Å². The summed E-state index contributed by atoms with van der Waals surface area (Å²) in [5, 5.41) is 1.19. The Bertz CT molecular complexity index is 897. The third kappa shape index (κ3) is 3.72. The van der Waals surface area contributed by atoms with Crippen LogP contribution in [0.5, 0.6) is 0 Å². The minimum absolute atomic E-state index is 0.0445. The van der Waals surface area contributed by atoms with Crippen molar-refractivity contribution in [1.82, 2.24) is 19.9 Å². The first-order chi connectivity index (χ1) is 12.8. The number of rotatable bonds is 3. The van der Waals surface area contributed by atoms with E-state index in [1.54, 1.807) is 12.4 Å². The predicted octanol–water partition coefficient (Wildman–Crippen LogP) is 3.51. The highest BCUT2D eigenvalue weighted by atomic mass is 16.2. The van der Waals surface area contributed by atoms with Crippen molar-refractivity contribution >= 4 is 16.8 Å². The molecule has 1 unspecified atom stereocenters. The summed E-state index contributed by atoms with van der Waals surface area (Å²) in [4.78, 5) is 26.9. The molecule has 0 bridgehead atoms. The monoisotopic (exact) mass is 346 g/mol. The molecule has 1 aliphatic heterocycles. The van der Waals surface area contributed by atoms with E-state index in [1.807, 2.05) is 17.2 Å². The highest BCUT2D eigenvalue weighted by Gasteiger charge is 2.22. The van der Waals surface area contributed by atoms with Crippen molar-refractivity contribution in [3.63, 3.8) is 0 Å². The summed E-state index contributed by atoms with van der Waals surface area (Å²) in [6.45, 7) is 1.61. The average molecular weight is 346 g/mol. The SMILES string of the molecule is O=C(c1cncnc1)N1CCCC(Cc2ccc3ncccc3c2)CC1. The Morgan fingerprint density at radius 3 is 2.88 bits per heavy atom. The third-order valence-electron chi connectivity index (χ3n) is 5.13. The van der Waals surface area contributed by atoms with E-state index in [4.69, 9.17) is 0 Å². The summed E-state index contributed by atoms with van der Waals surface area (Å²) in [5.41, 5.74) is 2.97. The third-order valence-corrected chi connectivity index (χ3v) is 5.13. The fourth-order valence-electron chi connectivity index (χ4n) is 3.75. The van der Waals surface area contributed by atoms with Crippen LogP contribution in [0.3, 0.4) is 0 Å². The molecule has 2 aromatic heterocycles. The summed E-state index contributed by atoms with van der Waals surface area (Å²) in [5.74, 6) is 0.650. The first-order valence-electron chi connectivity index (χ1n) is 9.17. The van der Waals surface area contributed by atoms with Gasteiger partial charge in [0.05, 0.1) is 11.1 Å². The largest absolute Gasteiger partial charge is 0.339 e. The predicted molar refractivity (Wildman–Crippen MR) is 101 cm³/mol. The van der Waals surface area contributed by atoms with Crippen LogP contribution in [0.1, 0.15) is 35.2 Å².